The zero-order valence-electron chi connectivity index (χ0n) is 12.0. The minimum absolute atomic E-state index is 0.226. The van der Waals surface area contributed by atoms with Crippen LogP contribution in [0, 0.1) is 6.92 Å². The summed E-state index contributed by atoms with van der Waals surface area (Å²) < 4.78 is 5.22. The van der Waals surface area contributed by atoms with Crippen molar-refractivity contribution in [3.05, 3.63) is 70.6 Å². The van der Waals surface area contributed by atoms with Gasteiger partial charge in [0.2, 0.25) is 0 Å². The fourth-order valence-electron chi connectivity index (χ4n) is 2.19. The van der Waals surface area contributed by atoms with Gasteiger partial charge >= 0.3 is 5.63 Å². The zero-order valence-corrected chi connectivity index (χ0v) is 12.0. The molecule has 0 bridgehead atoms. The van der Waals surface area contributed by atoms with Crippen molar-refractivity contribution in [2.45, 2.75) is 6.92 Å². The van der Waals surface area contributed by atoms with Gasteiger partial charge in [0.05, 0.1) is 0 Å². The highest BCUT2D eigenvalue weighted by atomic mass is 16.4. The van der Waals surface area contributed by atoms with Crippen LogP contribution in [0.1, 0.15) is 5.56 Å². The predicted molar refractivity (Wildman–Crippen MR) is 88.6 cm³/mol. The molecule has 1 heterocycles. The number of aliphatic imine (C=N–C) groups is 1. The number of guanidine groups is 1. The zero-order chi connectivity index (χ0) is 15.5. The Labute approximate surface area is 127 Å². The second-order valence-corrected chi connectivity index (χ2v) is 4.94. The van der Waals surface area contributed by atoms with Crippen molar-refractivity contribution in [2.24, 2.45) is 10.7 Å². The molecule has 0 saturated carbocycles. The van der Waals surface area contributed by atoms with Gasteiger partial charge in [-0.15, -0.1) is 0 Å². The third-order valence-corrected chi connectivity index (χ3v) is 3.16. The SMILES string of the molecule is Cc1cccc(NC(N)=Nc2cccc3ccc(=O)oc23)c1. The van der Waals surface area contributed by atoms with Crippen LogP contribution in [0.3, 0.4) is 0 Å². The number of nitrogens with one attached hydrogen (secondary N) is 1. The van der Waals surface area contributed by atoms with E-state index in [1.807, 2.05) is 43.3 Å². The molecule has 3 N–H and O–H groups in total. The Hall–Kier alpha value is -3.08. The standard InChI is InChI=1S/C17H15N3O2/c1-11-4-2-6-13(10-11)19-17(18)20-14-7-3-5-12-8-9-15(21)22-16(12)14/h2-10H,1H3,(H3,18,19,20). The van der Waals surface area contributed by atoms with E-state index in [4.69, 9.17) is 10.2 Å². The maximum Gasteiger partial charge on any atom is 0.336 e. The number of fused-ring (bicyclic) bond motifs is 1. The van der Waals surface area contributed by atoms with Crippen LogP contribution in [0.2, 0.25) is 0 Å². The minimum atomic E-state index is -0.416. The van der Waals surface area contributed by atoms with E-state index >= 15 is 0 Å². The van der Waals surface area contributed by atoms with E-state index in [0.29, 0.717) is 11.3 Å². The number of anilines is 1. The Morgan fingerprint density at radius 2 is 1.95 bits per heavy atom. The molecule has 0 spiro atoms. The molecule has 22 heavy (non-hydrogen) atoms. The van der Waals surface area contributed by atoms with E-state index in [1.54, 1.807) is 12.1 Å². The van der Waals surface area contributed by atoms with Crippen LogP contribution in [-0.4, -0.2) is 5.96 Å². The first-order chi connectivity index (χ1) is 10.6. The number of benzene rings is 2. The van der Waals surface area contributed by atoms with Gasteiger partial charge in [-0.05, 0) is 36.8 Å². The number of nitrogens with two attached hydrogens (primary N) is 1. The van der Waals surface area contributed by atoms with Crippen molar-refractivity contribution in [3.8, 4) is 0 Å². The smallest absolute Gasteiger partial charge is 0.336 e. The van der Waals surface area contributed by atoms with Crippen LogP contribution >= 0.6 is 0 Å². The summed E-state index contributed by atoms with van der Waals surface area (Å²) in [6, 6.07) is 16.3. The number of aryl methyl sites for hydroxylation is 1. The first kappa shape index (κ1) is 13.9. The minimum Gasteiger partial charge on any atom is -0.420 e. The fraction of sp³-hybridized carbons (Fsp3) is 0.0588. The van der Waals surface area contributed by atoms with Crippen LogP contribution in [-0.2, 0) is 0 Å². The monoisotopic (exact) mass is 293 g/mol. The molecule has 0 saturated heterocycles. The van der Waals surface area contributed by atoms with Gasteiger partial charge in [-0.25, -0.2) is 9.79 Å². The van der Waals surface area contributed by atoms with E-state index in [2.05, 4.69) is 10.3 Å². The molecule has 5 heteroatoms. The largest absolute Gasteiger partial charge is 0.420 e. The van der Waals surface area contributed by atoms with Gasteiger partial charge in [0.1, 0.15) is 5.69 Å². The summed E-state index contributed by atoms with van der Waals surface area (Å²) in [6.07, 6.45) is 0. The van der Waals surface area contributed by atoms with Gasteiger partial charge < -0.3 is 15.5 Å². The number of hydrogen-bond acceptors (Lipinski definition) is 3. The Kier molecular flexibility index (Phi) is 3.62. The molecule has 3 rings (SSSR count). The first-order valence-corrected chi connectivity index (χ1v) is 6.82. The molecular formula is C17H15N3O2. The van der Waals surface area contributed by atoms with Crippen LogP contribution in [0.4, 0.5) is 11.4 Å². The van der Waals surface area contributed by atoms with E-state index in [-0.39, 0.29) is 5.96 Å². The number of para-hydroxylation sites is 1. The molecule has 2 aromatic carbocycles. The van der Waals surface area contributed by atoms with Crippen molar-refractivity contribution >= 4 is 28.3 Å². The highest BCUT2D eigenvalue weighted by Gasteiger charge is 2.04. The number of rotatable bonds is 2. The highest BCUT2D eigenvalue weighted by molar-refractivity contribution is 5.97. The number of hydrogen-bond donors (Lipinski definition) is 2. The molecule has 0 radical (unpaired) electrons. The molecule has 3 aromatic rings. The Morgan fingerprint density at radius 3 is 2.77 bits per heavy atom. The molecule has 0 atom stereocenters. The third-order valence-electron chi connectivity index (χ3n) is 3.16. The summed E-state index contributed by atoms with van der Waals surface area (Å²) in [6.45, 7) is 2.00. The highest BCUT2D eigenvalue weighted by Crippen LogP contribution is 2.24. The molecule has 5 nitrogen and oxygen atoms in total. The topological polar surface area (TPSA) is 80.6 Å². The number of nitrogens with zero attached hydrogens (tertiary/aromatic N) is 1. The summed E-state index contributed by atoms with van der Waals surface area (Å²) in [5.41, 5.74) is 8.42. The van der Waals surface area contributed by atoms with Crippen LogP contribution in [0.5, 0.6) is 0 Å². The summed E-state index contributed by atoms with van der Waals surface area (Å²) >= 11 is 0. The van der Waals surface area contributed by atoms with E-state index < -0.39 is 5.63 Å². The van der Waals surface area contributed by atoms with Gasteiger partial charge in [0, 0.05) is 17.1 Å². The maximum absolute atomic E-state index is 11.4. The average Bonchev–Trinajstić information content (AvgIpc) is 2.48. The summed E-state index contributed by atoms with van der Waals surface area (Å²) in [5.74, 6) is 0.226. The van der Waals surface area contributed by atoms with Crippen molar-refractivity contribution in [3.63, 3.8) is 0 Å². The molecular weight excluding hydrogens is 278 g/mol. The van der Waals surface area contributed by atoms with Gasteiger partial charge in [-0.2, -0.15) is 0 Å². The Bertz CT molecular complexity index is 913. The molecule has 0 aliphatic rings. The van der Waals surface area contributed by atoms with Crippen molar-refractivity contribution in [1.29, 1.82) is 0 Å². The Morgan fingerprint density at radius 1 is 1.14 bits per heavy atom. The molecule has 0 amide bonds. The van der Waals surface area contributed by atoms with Crippen LogP contribution < -0.4 is 16.7 Å². The van der Waals surface area contributed by atoms with Gasteiger partial charge in [0.15, 0.2) is 11.5 Å². The summed E-state index contributed by atoms with van der Waals surface area (Å²) in [7, 11) is 0. The van der Waals surface area contributed by atoms with Crippen molar-refractivity contribution < 1.29 is 4.42 Å². The van der Waals surface area contributed by atoms with Gasteiger partial charge in [0.25, 0.3) is 0 Å². The van der Waals surface area contributed by atoms with E-state index in [1.165, 1.54) is 6.07 Å². The second-order valence-electron chi connectivity index (χ2n) is 4.94. The lowest BCUT2D eigenvalue weighted by Gasteiger charge is -2.07. The first-order valence-electron chi connectivity index (χ1n) is 6.82. The lowest BCUT2D eigenvalue weighted by molar-refractivity contribution is 0.561. The van der Waals surface area contributed by atoms with Gasteiger partial charge in [-0.1, -0.05) is 24.3 Å². The normalized spacial score (nSPS) is 11.6. The molecule has 110 valence electrons. The quantitative estimate of drug-likeness (QED) is 0.432. The molecule has 0 aliphatic carbocycles. The molecule has 1 aromatic heterocycles. The van der Waals surface area contributed by atoms with Crippen molar-refractivity contribution in [2.75, 3.05) is 5.32 Å². The van der Waals surface area contributed by atoms with Crippen molar-refractivity contribution in [1.82, 2.24) is 0 Å². The summed E-state index contributed by atoms with van der Waals surface area (Å²) in [5, 5.41) is 3.81. The maximum atomic E-state index is 11.4. The second kappa shape index (κ2) is 5.73. The van der Waals surface area contributed by atoms with E-state index in [0.717, 1.165) is 16.6 Å². The summed E-state index contributed by atoms with van der Waals surface area (Å²) in [4.78, 5) is 15.7. The molecule has 0 aliphatic heterocycles. The lowest BCUT2D eigenvalue weighted by atomic mass is 10.2. The predicted octanol–water partition coefficient (Wildman–Crippen LogP) is 3.16. The van der Waals surface area contributed by atoms with Gasteiger partial charge in [-0.3, -0.25) is 0 Å². The molecule has 0 fully saturated rings. The molecule has 0 unspecified atom stereocenters. The van der Waals surface area contributed by atoms with E-state index in [9.17, 15) is 4.79 Å². The lowest BCUT2D eigenvalue weighted by Crippen LogP contribution is -2.21. The average molecular weight is 293 g/mol. The fourth-order valence-corrected chi connectivity index (χ4v) is 2.19. The van der Waals surface area contributed by atoms with Crippen LogP contribution in [0.25, 0.3) is 11.0 Å². The Balaban J connectivity index is 1.97. The third kappa shape index (κ3) is 2.98. The van der Waals surface area contributed by atoms with Crippen LogP contribution in [0.15, 0.2) is 68.8 Å².